The standard InChI is InChI=1S/C14H16O4/c1-4-10-5-7-11(8-6-10)18-12(15)9-14(2,3)13(16)17/h4-8H,1,9H2,2-3H3,(H,16,17). The van der Waals surface area contributed by atoms with Crippen molar-refractivity contribution in [2.24, 2.45) is 5.41 Å². The van der Waals surface area contributed by atoms with Crippen molar-refractivity contribution < 1.29 is 19.4 Å². The Hall–Kier alpha value is -2.10. The molecule has 0 heterocycles. The number of benzene rings is 1. The molecule has 1 aromatic rings. The molecule has 0 aliphatic heterocycles. The Balaban J connectivity index is 2.64. The molecule has 0 saturated heterocycles. The smallest absolute Gasteiger partial charge is 0.312 e. The van der Waals surface area contributed by atoms with Crippen LogP contribution in [0.1, 0.15) is 25.8 Å². The normalized spacial score (nSPS) is 10.8. The average Bonchev–Trinajstić information content (AvgIpc) is 2.29. The van der Waals surface area contributed by atoms with Crippen LogP contribution in [0.3, 0.4) is 0 Å². The van der Waals surface area contributed by atoms with Gasteiger partial charge in [0, 0.05) is 0 Å². The molecule has 18 heavy (non-hydrogen) atoms. The molecular formula is C14H16O4. The van der Waals surface area contributed by atoms with Crippen LogP contribution in [0.4, 0.5) is 0 Å². The summed E-state index contributed by atoms with van der Waals surface area (Å²) in [6, 6.07) is 6.81. The van der Waals surface area contributed by atoms with Crippen LogP contribution in [0.15, 0.2) is 30.8 Å². The summed E-state index contributed by atoms with van der Waals surface area (Å²) < 4.78 is 5.06. The second kappa shape index (κ2) is 5.49. The van der Waals surface area contributed by atoms with Crippen molar-refractivity contribution in [1.29, 1.82) is 0 Å². The number of carboxylic acids is 1. The fourth-order valence-corrected chi connectivity index (χ4v) is 1.28. The predicted octanol–water partition coefficient (Wildman–Crippen LogP) is 2.74. The molecule has 0 unspecified atom stereocenters. The quantitative estimate of drug-likeness (QED) is 0.642. The van der Waals surface area contributed by atoms with E-state index in [0.717, 1.165) is 5.56 Å². The molecule has 1 aromatic carbocycles. The third kappa shape index (κ3) is 3.73. The molecule has 0 amide bonds. The Bertz CT molecular complexity index is 457. The van der Waals surface area contributed by atoms with E-state index < -0.39 is 17.4 Å². The Morgan fingerprint density at radius 1 is 1.33 bits per heavy atom. The molecule has 0 aromatic heterocycles. The van der Waals surface area contributed by atoms with Crippen LogP contribution in [-0.4, -0.2) is 17.0 Å². The van der Waals surface area contributed by atoms with E-state index in [1.54, 1.807) is 30.3 Å². The first-order chi connectivity index (χ1) is 8.35. The van der Waals surface area contributed by atoms with Gasteiger partial charge in [0.1, 0.15) is 5.75 Å². The fraction of sp³-hybridized carbons (Fsp3) is 0.286. The van der Waals surface area contributed by atoms with E-state index in [2.05, 4.69) is 6.58 Å². The predicted molar refractivity (Wildman–Crippen MR) is 68.2 cm³/mol. The van der Waals surface area contributed by atoms with Crippen LogP contribution in [-0.2, 0) is 9.59 Å². The van der Waals surface area contributed by atoms with E-state index >= 15 is 0 Å². The van der Waals surface area contributed by atoms with Crippen molar-refractivity contribution in [3.05, 3.63) is 36.4 Å². The van der Waals surface area contributed by atoms with Crippen molar-refractivity contribution in [3.63, 3.8) is 0 Å². The van der Waals surface area contributed by atoms with Crippen LogP contribution in [0.2, 0.25) is 0 Å². The van der Waals surface area contributed by atoms with Crippen molar-refractivity contribution in [1.82, 2.24) is 0 Å². The minimum absolute atomic E-state index is 0.175. The van der Waals surface area contributed by atoms with E-state index in [1.807, 2.05) is 0 Å². The second-order valence-corrected chi connectivity index (χ2v) is 4.61. The van der Waals surface area contributed by atoms with Gasteiger partial charge in [0.15, 0.2) is 0 Å². The van der Waals surface area contributed by atoms with Gasteiger partial charge in [-0.3, -0.25) is 9.59 Å². The summed E-state index contributed by atoms with van der Waals surface area (Å²) in [6.45, 7) is 6.58. The number of carbonyl (C=O) groups excluding carboxylic acids is 1. The monoisotopic (exact) mass is 248 g/mol. The zero-order chi connectivity index (χ0) is 13.8. The van der Waals surface area contributed by atoms with Gasteiger partial charge in [0.2, 0.25) is 0 Å². The number of esters is 1. The molecule has 96 valence electrons. The summed E-state index contributed by atoms with van der Waals surface area (Å²) in [5.41, 5.74) is -0.210. The van der Waals surface area contributed by atoms with Crippen molar-refractivity contribution >= 4 is 18.0 Å². The maximum absolute atomic E-state index is 11.6. The largest absolute Gasteiger partial charge is 0.481 e. The highest BCUT2D eigenvalue weighted by Crippen LogP contribution is 2.22. The Morgan fingerprint density at radius 3 is 2.33 bits per heavy atom. The maximum Gasteiger partial charge on any atom is 0.312 e. The molecule has 0 fully saturated rings. The summed E-state index contributed by atoms with van der Waals surface area (Å²) >= 11 is 0. The van der Waals surface area contributed by atoms with Gasteiger partial charge in [-0.05, 0) is 31.5 Å². The lowest BCUT2D eigenvalue weighted by Gasteiger charge is -2.17. The molecule has 4 heteroatoms. The molecule has 0 spiro atoms. The summed E-state index contributed by atoms with van der Waals surface area (Å²) in [6.07, 6.45) is 1.50. The van der Waals surface area contributed by atoms with Crippen molar-refractivity contribution in [2.75, 3.05) is 0 Å². The van der Waals surface area contributed by atoms with E-state index in [1.165, 1.54) is 13.8 Å². The molecule has 4 nitrogen and oxygen atoms in total. The summed E-state index contributed by atoms with van der Waals surface area (Å²) in [5, 5.41) is 8.91. The minimum Gasteiger partial charge on any atom is -0.481 e. The number of hydrogen-bond donors (Lipinski definition) is 1. The lowest BCUT2D eigenvalue weighted by Crippen LogP contribution is -2.28. The fourth-order valence-electron chi connectivity index (χ4n) is 1.28. The first-order valence-corrected chi connectivity index (χ1v) is 5.52. The molecule has 0 saturated carbocycles. The number of carbonyl (C=O) groups is 2. The topological polar surface area (TPSA) is 63.6 Å². The molecule has 0 bridgehead atoms. The molecule has 1 rings (SSSR count). The van der Waals surface area contributed by atoms with E-state index in [-0.39, 0.29) is 6.42 Å². The highest BCUT2D eigenvalue weighted by atomic mass is 16.5. The second-order valence-electron chi connectivity index (χ2n) is 4.61. The number of aliphatic carboxylic acids is 1. The van der Waals surface area contributed by atoms with Crippen LogP contribution < -0.4 is 4.74 Å². The van der Waals surface area contributed by atoms with Crippen molar-refractivity contribution in [2.45, 2.75) is 20.3 Å². The third-order valence-electron chi connectivity index (χ3n) is 2.51. The number of carboxylic acid groups (broad SMARTS) is 1. The summed E-state index contributed by atoms with van der Waals surface area (Å²) in [4.78, 5) is 22.5. The molecule has 0 radical (unpaired) electrons. The van der Waals surface area contributed by atoms with Gasteiger partial charge < -0.3 is 9.84 Å². The van der Waals surface area contributed by atoms with Gasteiger partial charge in [-0.1, -0.05) is 24.8 Å². The van der Waals surface area contributed by atoms with Gasteiger partial charge in [-0.2, -0.15) is 0 Å². The van der Waals surface area contributed by atoms with Gasteiger partial charge in [0.25, 0.3) is 0 Å². The molecule has 0 aliphatic carbocycles. The van der Waals surface area contributed by atoms with E-state index in [0.29, 0.717) is 5.75 Å². The first-order valence-electron chi connectivity index (χ1n) is 5.52. The average molecular weight is 248 g/mol. The highest BCUT2D eigenvalue weighted by Gasteiger charge is 2.31. The molecular weight excluding hydrogens is 232 g/mol. The number of hydrogen-bond acceptors (Lipinski definition) is 3. The van der Waals surface area contributed by atoms with Crippen LogP contribution >= 0.6 is 0 Å². The van der Waals surface area contributed by atoms with Gasteiger partial charge >= 0.3 is 11.9 Å². The van der Waals surface area contributed by atoms with E-state index in [9.17, 15) is 9.59 Å². The van der Waals surface area contributed by atoms with E-state index in [4.69, 9.17) is 9.84 Å². The summed E-state index contributed by atoms with van der Waals surface area (Å²) in [5.74, 6) is -1.19. The Morgan fingerprint density at radius 2 is 1.89 bits per heavy atom. The van der Waals surface area contributed by atoms with Gasteiger partial charge in [-0.15, -0.1) is 0 Å². The Kier molecular flexibility index (Phi) is 4.26. The maximum atomic E-state index is 11.6. The minimum atomic E-state index is -1.13. The lowest BCUT2D eigenvalue weighted by molar-refractivity contribution is -0.152. The first kappa shape index (κ1) is 14.0. The zero-order valence-electron chi connectivity index (χ0n) is 10.5. The molecule has 1 N–H and O–H groups in total. The summed E-state index contributed by atoms with van der Waals surface area (Å²) in [7, 11) is 0. The Labute approximate surface area is 106 Å². The number of rotatable bonds is 5. The van der Waals surface area contributed by atoms with Gasteiger partial charge in [0.05, 0.1) is 11.8 Å². The molecule has 0 atom stereocenters. The van der Waals surface area contributed by atoms with Gasteiger partial charge in [-0.25, -0.2) is 0 Å². The highest BCUT2D eigenvalue weighted by molar-refractivity contribution is 5.82. The van der Waals surface area contributed by atoms with Crippen LogP contribution in [0, 0.1) is 5.41 Å². The van der Waals surface area contributed by atoms with Crippen LogP contribution in [0.25, 0.3) is 6.08 Å². The third-order valence-corrected chi connectivity index (χ3v) is 2.51. The molecule has 0 aliphatic rings. The zero-order valence-corrected chi connectivity index (χ0v) is 10.5. The van der Waals surface area contributed by atoms with Crippen molar-refractivity contribution in [3.8, 4) is 5.75 Å². The number of ether oxygens (including phenoxy) is 1. The SMILES string of the molecule is C=Cc1ccc(OC(=O)CC(C)(C)C(=O)O)cc1. The lowest BCUT2D eigenvalue weighted by atomic mass is 9.90. The van der Waals surface area contributed by atoms with Crippen LogP contribution in [0.5, 0.6) is 5.75 Å².